The second kappa shape index (κ2) is 5.92. The fraction of sp³-hybridized carbons (Fsp3) is 0.625. The van der Waals surface area contributed by atoms with Gasteiger partial charge in [0.25, 0.3) is 0 Å². The van der Waals surface area contributed by atoms with Crippen molar-refractivity contribution in [3.63, 3.8) is 0 Å². The summed E-state index contributed by atoms with van der Waals surface area (Å²) >= 11 is 0. The van der Waals surface area contributed by atoms with Crippen LogP contribution in [0.5, 0.6) is 0 Å². The summed E-state index contributed by atoms with van der Waals surface area (Å²) in [5, 5.41) is 10.8. The highest BCUT2D eigenvalue weighted by molar-refractivity contribution is 5.81. The third-order valence-corrected chi connectivity index (χ3v) is 1.21. The lowest BCUT2D eigenvalue weighted by molar-refractivity contribution is -0.174. The molecule has 63 valence electrons. The predicted octanol–water partition coefficient (Wildman–Crippen LogP) is 1.66. The number of carbonyl (C=O) groups excluding carboxylic acids is 1. The number of unbranched alkanes of at least 4 members (excludes halogenated alkanes) is 1. The Morgan fingerprint density at radius 3 is 2.82 bits per heavy atom. The minimum atomic E-state index is -1.22. The Labute approximate surface area is 66.7 Å². The van der Waals surface area contributed by atoms with Gasteiger partial charge >= 0.3 is 5.97 Å². The molecule has 0 bridgehead atoms. The van der Waals surface area contributed by atoms with Crippen LogP contribution in [0.3, 0.4) is 0 Å². The number of rotatable bonds is 5. The van der Waals surface area contributed by atoms with Gasteiger partial charge in [-0.15, -0.1) is 0 Å². The van der Waals surface area contributed by atoms with Crippen molar-refractivity contribution < 1.29 is 14.6 Å². The van der Waals surface area contributed by atoms with E-state index in [1.54, 1.807) is 0 Å². The zero-order valence-corrected chi connectivity index (χ0v) is 6.71. The Bertz CT molecular complexity index is 131. The number of carbonyl (C=O) groups is 1. The Kier molecular flexibility index (Phi) is 5.47. The maximum absolute atomic E-state index is 10.8. The molecule has 0 amide bonds. The average Bonchev–Trinajstić information content (AvgIpc) is 2.00. The monoisotopic (exact) mass is 157 g/mol. The van der Waals surface area contributed by atoms with Crippen LogP contribution in [0.1, 0.15) is 26.2 Å². The quantitative estimate of drug-likeness (QED) is 0.346. The standard InChI is InChI=1S/C8H13O3/c1-3-5-6-8(10)11-7(9)4-2/h4,8H,2-3,5-6H2,1H3. The Morgan fingerprint density at radius 2 is 2.36 bits per heavy atom. The van der Waals surface area contributed by atoms with Gasteiger partial charge in [0.15, 0.2) is 0 Å². The molecule has 0 heterocycles. The highest BCUT2D eigenvalue weighted by Crippen LogP contribution is 2.02. The van der Waals surface area contributed by atoms with E-state index in [1.807, 2.05) is 6.92 Å². The molecule has 0 N–H and O–H groups in total. The lowest BCUT2D eigenvalue weighted by Crippen LogP contribution is -2.14. The first-order valence-corrected chi connectivity index (χ1v) is 3.69. The molecule has 0 aromatic heterocycles. The van der Waals surface area contributed by atoms with E-state index in [0.717, 1.165) is 18.9 Å². The van der Waals surface area contributed by atoms with Crippen molar-refractivity contribution in [3.8, 4) is 0 Å². The maximum atomic E-state index is 10.8. The van der Waals surface area contributed by atoms with Gasteiger partial charge in [-0.2, -0.15) is 5.11 Å². The van der Waals surface area contributed by atoms with Gasteiger partial charge in [-0.25, -0.2) is 4.79 Å². The molecule has 1 radical (unpaired) electrons. The van der Waals surface area contributed by atoms with Gasteiger partial charge in [-0.3, -0.25) is 0 Å². The van der Waals surface area contributed by atoms with E-state index in [9.17, 15) is 9.90 Å². The third-order valence-electron chi connectivity index (χ3n) is 1.21. The van der Waals surface area contributed by atoms with Crippen LogP contribution in [0.2, 0.25) is 0 Å². The van der Waals surface area contributed by atoms with Gasteiger partial charge < -0.3 is 4.74 Å². The molecule has 11 heavy (non-hydrogen) atoms. The number of esters is 1. The fourth-order valence-corrected chi connectivity index (χ4v) is 0.607. The summed E-state index contributed by atoms with van der Waals surface area (Å²) in [6, 6.07) is 0. The lowest BCUT2D eigenvalue weighted by atomic mass is 10.2. The van der Waals surface area contributed by atoms with E-state index in [0.29, 0.717) is 6.42 Å². The van der Waals surface area contributed by atoms with Gasteiger partial charge in [0.05, 0.1) is 0 Å². The summed E-state index contributed by atoms with van der Waals surface area (Å²) in [5.41, 5.74) is 0. The second-order valence-corrected chi connectivity index (χ2v) is 2.21. The van der Waals surface area contributed by atoms with Gasteiger partial charge in [-0.1, -0.05) is 19.9 Å². The molecule has 0 aromatic rings. The first-order chi connectivity index (χ1) is 5.20. The van der Waals surface area contributed by atoms with Crippen LogP contribution < -0.4 is 0 Å². The van der Waals surface area contributed by atoms with Crippen LogP contribution in [-0.4, -0.2) is 12.3 Å². The summed E-state index contributed by atoms with van der Waals surface area (Å²) in [5.74, 6) is -0.638. The van der Waals surface area contributed by atoms with Crippen LogP contribution in [0.15, 0.2) is 12.7 Å². The van der Waals surface area contributed by atoms with E-state index in [-0.39, 0.29) is 0 Å². The molecule has 1 atom stereocenters. The van der Waals surface area contributed by atoms with E-state index in [1.165, 1.54) is 0 Å². The third kappa shape index (κ3) is 5.61. The zero-order chi connectivity index (χ0) is 8.69. The van der Waals surface area contributed by atoms with Gasteiger partial charge in [0.1, 0.15) is 0 Å². The largest absolute Gasteiger partial charge is 0.430 e. The first kappa shape index (κ1) is 10.2. The van der Waals surface area contributed by atoms with Crippen LogP contribution in [0, 0.1) is 0 Å². The van der Waals surface area contributed by atoms with Crippen molar-refractivity contribution in [2.24, 2.45) is 0 Å². The van der Waals surface area contributed by atoms with Crippen LogP contribution in [0.4, 0.5) is 0 Å². The highest BCUT2D eigenvalue weighted by Gasteiger charge is 2.08. The maximum Gasteiger partial charge on any atom is 0.332 e. The normalized spacial score (nSPS) is 12.2. The van der Waals surface area contributed by atoms with E-state index in [2.05, 4.69) is 11.3 Å². The van der Waals surface area contributed by atoms with E-state index >= 15 is 0 Å². The van der Waals surface area contributed by atoms with Crippen LogP contribution in [0.25, 0.3) is 0 Å². The van der Waals surface area contributed by atoms with Crippen molar-refractivity contribution in [1.29, 1.82) is 0 Å². The van der Waals surface area contributed by atoms with Gasteiger partial charge in [0, 0.05) is 12.5 Å². The average molecular weight is 157 g/mol. The Balaban J connectivity index is 3.43. The lowest BCUT2D eigenvalue weighted by Gasteiger charge is -2.06. The summed E-state index contributed by atoms with van der Waals surface area (Å²) in [6.45, 7) is 5.15. The van der Waals surface area contributed by atoms with Gasteiger partial charge in [-0.05, 0) is 6.42 Å². The number of hydrogen-bond acceptors (Lipinski definition) is 2. The van der Waals surface area contributed by atoms with E-state index < -0.39 is 12.3 Å². The topological polar surface area (TPSA) is 46.2 Å². The molecule has 0 spiro atoms. The molecule has 0 aliphatic rings. The Hall–Kier alpha value is -0.830. The van der Waals surface area contributed by atoms with Crippen molar-refractivity contribution in [1.82, 2.24) is 0 Å². The fourth-order valence-electron chi connectivity index (χ4n) is 0.607. The summed E-state index contributed by atoms with van der Waals surface area (Å²) in [4.78, 5) is 10.4. The van der Waals surface area contributed by atoms with Crippen molar-refractivity contribution >= 4 is 5.97 Å². The zero-order valence-electron chi connectivity index (χ0n) is 6.71. The Morgan fingerprint density at radius 1 is 1.73 bits per heavy atom. The molecule has 3 nitrogen and oxygen atoms in total. The van der Waals surface area contributed by atoms with Crippen molar-refractivity contribution in [2.45, 2.75) is 32.5 Å². The second-order valence-electron chi connectivity index (χ2n) is 2.21. The SMILES string of the molecule is C=CC(=O)OC([O])CCCC. The summed E-state index contributed by atoms with van der Waals surface area (Å²) in [6.07, 6.45) is 1.89. The summed E-state index contributed by atoms with van der Waals surface area (Å²) in [7, 11) is 0. The molecule has 0 fully saturated rings. The molecule has 0 aliphatic heterocycles. The number of hydrogen-bond donors (Lipinski definition) is 0. The molecule has 0 rings (SSSR count). The van der Waals surface area contributed by atoms with Gasteiger partial charge in [0.2, 0.25) is 6.29 Å². The predicted molar refractivity (Wildman–Crippen MR) is 40.3 cm³/mol. The van der Waals surface area contributed by atoms with Crippen LogP contribution >= 0.6 is 0 Å². The molecule has 0 saturated heterocycles. The molecule has 3 heteroatoms. The smallest absolute Gasteiger partial charge is 0.332 e. The van der Waals surface area contributed by atoms with Crippen molar-refractivity contribution in [2.75, 3.05) is 0 Å². The molecular formula is C8H13O3. The number of ether oxygens (including phenoxy) is 1. The molecule has 0 saturated carbocycles. The molecule has 0 aliphatic carbocycles. The molecule has 1 unspecified atom stereocenters. The van der Waals surface area contributed by atoms with Crippen LogP contribution in [-0.2, 0) is 14.6 Å². The summed E-state index contributed by atoms with van der Waals surface area (Å²) < 4.78 is 4.39. The highest BCUT2D eigenvalue weighted by atomic mass is 16.6. The molecular weight excluding hydrogens is 144 g/mol. The molecule has 0 aromatic carbocycles. The van der Waals surface area contributed by atoms with E-state index in [4.69, 9.17) is 0 Å². The van der Waals surface area contributed by atoms with Crippen molar-refractivity contribution in [3.05, 3.63) is 12.7 Å². The first-order valence-electron chi connectivity index (χ1n) is 3.69. The minimum absolute atomic E-state index is 0.385. The minimum Gasteiger partial charge on any atom is -0.430 e.